The van der Waals surface area contributed by atoms with Crippen molar-refractivity contribution < 1.29 is 24.3 Å². The lowest BCUT2D eigenvalue weighted by Gasteiger charge is -2.28. The van der Waals surface area contributed by atoms with Crippen molar-refractivity contribution in [2.24, 2.45) is 5.92 Å². The van der Waals surface area contributed by atoms with Gasteiger partial charge in [-0.25, -0.2) is 0 Å². The number of unbranched alkanes of at least 4 members (excludes halogenated alkanes) is 1. The van der Waals surface area contributed by atoms with E-state index in [4.69, 9.17) is 0 Å². The summed E-state index contributed by atoms with van der Waals surface area (Å²) in [5.41, 5.74) is 0.737. The third-order valence-electron chi connectivity index (χ3n) is 3.04. The first-order chi connectivity index (χ1) is 9.08. The molecule has 20 heavy (non-hydrogen) atoms. The van der Waals surface area contributed by atoms with E-state index in [1.54, 1.807) is 0 Å². The van der Waals surface area contributed by atoms with Gasteiger partial charge in [-0.2, -0.15) is 0 Å². The molecule has 0 saturated carbocycles. The van der Waals surface area contributed by atoms with Crippen molar-refractivity contribution in [1.82, 2.24) is 0 Å². The van der Waals surface area contributed by atoms with E-state index in [9.17, 15) is 19.8 Å². The van der Waals surface area contributed by atoms with E-state index in [1.807, 2.05) is 28.1 Å². The van der Waals surface area contributed by atoms with Crippen LogP contribution in [0.15, 0.2) is 12.2 Å². The summed E-state index contributed by atoms with van der Waals surface area (Å²) in [5.74, 6) is -3.09. The molecule has 0 spiro atoms. The minimum Gasteiger partial charge on any atom is -0.481 e. The van der Waals surface area contributed by atoms with Crippen LogP contribution in [0.4, 0.5) is 0 Å². The van der Waals surface area contributed by atoms with E-state index in [1.165, 1.54) is 0 Å². The fraction of sp³-hybridized carbons (Fsp3) is 0.733. The zero-order chi connectivity index (χ0) is 15.9. The molecule has 0 aliphatic rings. The smallest absolute Gasteiger partial charge is 0.316 e. The molecule has 2 atom stereocenters. The van der Waals surface area contributed by atoms with Crippen molar-refractivity contribution in [3.05, 3.63) is 12.2 Å². The lowest BCUT2D eigenvalue weighted by Crippen LogP contribution is -2.48. The van der Waals surface area contributed by atoms with Crippen molar-refractivity contribution in [3.63, 3.8) is 0 Å². The number of ketones is 1. The van der Waals surface area contributed by atoms with E-state index in [2.05, 4.69) is 6.58 Å². The lowest BCUT2D eigenvalue weighted by molar-refractivity contribution is -0.873. The molecule has 2 N–H and O–H groups in total. The van der Waals surface area contributed by atoms with Gasteiger partial charge >= 0.3 is 5.97 Å². The van der Waals surface area contributed by atoms with E-state index in [-0.39, 0.29) is 13.0 Å². The summed E-state index contributed by atoms with van der Waals surface area (Å²) in [6.45, 7) is 6.06. The molecule has 0 heterocycles. The largest absolute Gasteiger partial charge is 0.481 e. The first kappa shape index (κ1) is 18.8. The first-order valence-electron chi connectivity index (χ1n) is 6.99. The normalized spacial score (nSPS) is 14.7. The maximum Gasteiger partial charge on any atom is 0.316 e. The molecule has 0 bridgehead atoms. The fourth-order valence-electron chi connectivity index (χ4n) is 2.05. The van der Waals surface area contributed by atoms with Crippen LogP contribution in [-0.4, -0.2) is 60.2 Å². The SMILES string of the molecule is C=C(CCCC)CC(=O)C(C(=O)O)C(O)C[N+](C)(C)C. The highest BCUT2D eigenvalue weighted by atomic mass is 16.4. The van der Waals surface area contributed by atoms with Gasteiger partial charge in [-0.3, -0.25) is 9.59 Å². The van der Waals surface area contributed by atoms with Crippen molar-refractivity contribution in [1.29, 1.82) is 0 Å². The summed E-state index contributed by atoms with van der Waals surface area (Å²) < 4.78 is 0.398. The van der Waals surface area contributed by atoms with Crippen molar-refractivity contribution >= 4 is 11.8 Å². The second kappa shape index (κ2) is 8.17. The van der Waals surface area contributed by atoms with Crippen molar-refractivity contribution in [2.45, 2.75) is 38.7 Å². The Kier molecular flexibility index (Phi) is 7.68. The number of rotatable bonds is 10. The maximum atomic E-state index is 12.1. The molecule has 2 unspecified atom stereocenters. The van der Waals surface area contributed by atoms with Gasteiger partial charge in [-0.1, -0.05) is 25.5 Å². The molecule has 5 nitrogen and oxygen atoms in total. The average molecular weight is 286 g/mol. The summed E-state index contributed by atoms with van der Waals surface area (Å²) in [4.78, 5) is 23.3. The third-order valence-corrected chi connectivity index (χ3v) is 3.04. The quantitative estimate of drug-likeness (QED) is 0.362. The van der Waals surface area contributed by atoms with Gasteiger partial charge in [0.2, 0.25) is 0 Å². The number of aliphatic carboxylic acids is 1. The standard InChI is InChI=1S/C15H27NO4/c1-6-7-8-11(2)9-12(17)14(15(19)20)13(18)10-16(3,4)5/h13-14,18H,2,6-10H2,1,3-5H3/p+1. The minimum absolute atomic E-state index is 0.0329. The number of carboxylic acids is 1. The molecule has 0 radical (unpaired) electrons. The Bertz CT molecular complexity index is 357. The van der Waals surface area contributed by atoms with E-state index in [0.717, 1.165) is 24.8 Å². The van der Waals surface area contributed by atoms with E-state index < -0.39 is 23.8 Å². The summed E-state index contributed by atoms with van der Waals surface area (Å²) in [5, 5.41) is 19.2. The molecule has 0 aliphatic heterocycles. The Labute approximate surface area is 121 Å². The Morgan fingerprint density at radius 3 is 2.20 bits per heavy atom. The number of hydrogen-bond donors (Lipinski definition) is 2. The van der Waals surface area contributed by atoms with Gasteiger partial charge in [0.1, 0.15) is 18.6 Å². The van der Waals surface area contributed by atoms with Gasteiger partial charge in [0.05, 0.1) is 21.1 Å². The number of carbonyl (C=O) groups excluding carboxylic acids is 1. The molecule has 116 valence electrons. The van der Waals surface area contributed by atoms with Gasteiger partial charge in [-0.15, -0.1) is 0 Å². The second-order valence-corrected chi connectivity index (χ2v) is 6.35. The molecule has 0 saturated heterocycles. The molecule has 0 amide bonds. The maximum absolute atomic E-state index is 12.1. The average Bonchev–Trinajstić information content (AvgIpc) is 2.22. The molecule has 0 rings (SSSR count). The molecular weight excluding hydrogens is 258 g/mol. The fourth-order valence-corrected chi connectivity index (χ4v) is 2.05. The first-order valence-corrected chi connectivity index (χ1v) is 6.99. The van der Waals surface area contributed by atoms with Gasteiger partial charge in [-0.05, 0) is 12.8 Å². The van der Waals surface area contributed by atoms with Crippen LogP contribution in [0.25, 0.3) is 0 Å². The number of nitrogens with zero attached hydrogens (tertiary/aromatic N) is 1. The highest BCUT2D eigenvalue weighted by Gasteiger charge is 2.36. The van der Waals surface area contributed by atoms with E-state index in [0.29, 0.717) is 4.48 Å². The summed E-state index contributed by atoms with van der Waals surface area (Å²) in [7, 11) is 5.52. The highest BCUT2D eigenvalue weighted by Crippen LogP contribution is 2.17. The Morgan fingerprint density at radius 1 is 1.25 bits per heavy atom. The van der Waals surface area contributed by atoms with Crippen LogP contribution in [0.3, 0.4) is 0 Å². The molecule has 0 aromatic rings. The van der Waals surface area contributed by atoms with Crippen LogP contribution < -0.4 is 0 Å². The highest BCUT2D eigenvalue weighted by molar-refractivity contribution is 5.99. The van der Waals surface area contributed by atoms with Gasteiger partial charge in [0, 0.05) is 6.42 Å². The number of quaternary nitrogens is 1. The number of hydrogen-bond acceptors (Lipinski definition) is 3. The zero-order valence-electron chi connectivity index (χ0n) is 13.1. The summed E-state index contributed by atoms with van der Waals surface area (Å²) in [6.07, 6.45) is 1.51. The van der Waals surface area contributed by atoms with E-state index >= 15 is 0 Å². The van der Waals surface area contributed by atoms with Crippen molar-refractivity contribution in [3.8, 4) is 0 Å². The number of allylic oxidation sites excluding steroid dienone is 1. The molecule has 5 heteroatoms. The van der Waals surface area contributed by atoms with Crippen LogP contribution in [-0.2, 0) is 9.59 Å². The summed E-state index contributed by atoms with van der Waals surface area (Å²) >= 11 is 0. The Hall–Kier alpha value is -1.20. The third kappa shape index (κ3) is 7.40. The predicted molar refractivity (Wildman–Crippen MR) is 78.3 cm³/mol. The molecular formula is C15H28NO4+. The number of aliphatic hydroxyl groups excluding tert-OH is 1. The second-order valence-electron chi connectivity index (χ2n) is 6.35. The monoisotopic (exact) mass is 286 g/mol. The van der Waals surface area contributed by atoms with Crippen LogP contribution in [0.2, 0.25) is 0 Å². The molecule has 0 aromatic carbocycles. The van der Waals surface area contributed by atoms with Gasteiger partial charge in [0.15, 0.2) is 5.78 Å². The Morgan fingerprint density at radius 2 is 1.80 bits per heavy atom. The number of carboxylic acid groups (broad SMARTS) is 1. The minimum atomic E-state index is -1.37. The van der Waals surface area contributed by atoms with Crippen LogP contribution >= 0.6 is 0 Å². The molecule has 0 fully saturated rings. The van der Waals surface area contributed by atoms with Crippen LogP contribution in [0.5, 0.6) is 0 Å². The number of aliphatic hydroxyl groups is 1. The number of Topliss-reactive ketones (excluding diaryl/α,β-unsaturated/α-hetero) is 1. The van der Waals surface area contributed by atoms with Crippen LogP contribution in [0.1, 0.15) is 32.6 Å². The summed E-state index contributed by atoms with van der Waals surface area (Å²) in [6, 6.07) is 0. The van der Waals surface area contributed by atoms with Gasteiger partial charge < -0.3 is 14.7 Å². The molecule has 0 aliphatic carbocycles. The zero-order valence-corrected chi connectivity index (χ0v) is 13.1. The Balaban J connectivity index is 4.71. The topological polar surface area (TPSA) is 74.6 Å². The number of carbonyl (C=O) groups is 2. The number of likely N-dealkylation sites (N-methyl/N-ethyl adjacent to an activating group) is 1. The van der Waals surface area contributed by atoms with Crippen molar-refractivity contribution in [2.75, 3.05) is 27.7 Å². The lowest BCUT2D eigenvalue weighted by atomic mass is 9.91. The molecule has 0 aromatic heterocycles. The van der Waals surface area contributed by atoms with Gasteiger partial charge in [0.25, 0.3) is 0 Å². The van der Waals surface area contributed by atoms with Crippen LogP contribution in [0, 0.1) is 5.92 Å². The predicted octanol–water partition coefficient (Wildman–Crippen LogP) is 1.46.